The Morgan fingerprint density at radius 2 is 1.53 bits per heavy atom. The summed E-state index contributed by atoms with van der Waals surface area (Å²) in [6.07, 6.45) is 0.650. The zero-order chi connectivity index (χ0) is 38.6. The van der Waals surface area contributed by atoms with Gasteiger partial charge >= 0.3 is 0 Å². The van der Waals surface area contributed by atoms with E-state index >= 15 is 0 Å². The van der Waals surface area contributed by atoms with E-state index in [-0.39, 0.29) is 4.90 Å². The van der Waals surface area contributed by atoms with Crippen molar-refractivity contribution in [3.63, 3.8) is 0 Å². The van der Waals surface area contributed by atoms with Crippen molar-refractivity contribution in [2.75, 3.05) is 75.9 Å². The molecule has 2 N–H and O–H groups in total. The zero-order valence-electron chi connectivity index (χ0n) is 31.9. The summed E-state index contributed by atoms with van der Waals surface area (Å²) in [5, 5.41) is 3.43. The molecule has 11 heteroatoms. The van der Waals surface area contributed by atoms with Crippen LogP contribution >= 0.6 is 11.8 Å². The number of sulfonamides is 1. The highest BCUT2D eigenvalue weighted by Crippen LogP contribution is 2.28. The molecule has 0 aliphatic carbocycles. The second-order valence-corrected chi connectivity index (χ2v) is 16.7. The minimum Gasteiger partial charge on any atom is -0.492 e. The predicted molar refractivity (Wildman–Crippen MR) is 226 cm³/mol. The van der Waals surface area contributed by atoms with Gasteiger partial charge in [0, 0.05) is 73.4 Å². The number of hydrogen-bond donors (Lipinski definition) is 2. The highest BCUT2D eigenvalue weighted by atomic mass is 32.2. The van der Waals surface area contributed by atoms with Crippen molar-refractivity contribution in [1.29, 1.82) is 0 Å². The van der Waals surface area contributed by atoms with E-state index in [0.717, 1.165) is 74.3 Å². The molecule has 1 fully saturated rings. The Morgan fingerprint density at radius 1 is 0.818 bits per heavy atom. The van der Waals surface area contributed by atoms with E-state index in [1.54, 1.807) is 42.1 Å². The molecule has 1 aliphatic heterocycles. The summed E-state index contributed by atoms with van der Waals surface area (Å²) in [6, 6.07) is 39.3. The molecule has 9 nitrogen and oxygen atoms in total. The Bertz CT molecular complexity index is 2100. The van der Waals surface area contributed by atoms with Gasteiger partial charge in [0.2, 0.25) is 0 Å². The Hall–Kier alpha value is -4.81. The first-order valence-corrected chi connectivity index (χ1v) is 21.3. The van der Waals surface area contributed by atoms with Crippen LogP contribution in [-0.2, 0) is 23.0 Å². The van der Waals surface area contributed by atoms with E-state index in [9.17, 15) is 13.2 Å². The molecule has 0 unspecified atom stereocenters. The number of anilines is 2. The van der Waals surface area contributed by atoms with Crippen molar-refractivity contribution in [1.82, 2.24) is 14.5 Å². The lowest BCUT2D eigenvalue weighted by atomic mass is 9.99. The van der Waals surface area contributed by atoms with Crippen molar-refractivity contribution < 1.29 is 17.9 Å². The Labute approximate surface area is 330 Å². The van der Waals surface area contributed by atoms with Crippen molar-refractivity contribution in [2.24, 2.45) is 0 Å². The first kappa shape index (κ1) is 39.9. The lowest BCUT2D eigenvalue weighted by Gasteiger charge is -2.36. The highest BCUT2D eigenvalue weighted by molar-refractivity contribution is 7.99. The van der Waals surface area contributed by atoms with Gasteiger partial charge in [0.15, 0.2) is 0 Å². The average molecular weight is 778 g/mol. The van der Waals surface area contributed by atoms with Crippen molar-refractivity contribution >= 4 is 39.1 Å². The monoisotopic (exact) mass is 777 g/mol. The lowest BCUT2D eigenvalue weighted by molar-refractivity contribution is 0.0981. The summed E-state index contributed by atoms with van der Waals surface area (Å²) in [5.74, 6) is 1.10. The van der Waals surface area contributed by atoms with Crippen LogP contribution in [0.15, 0.2) is 131 Å². The number of carbonyl (C=O) groups excluding carboxylic acids is 1. The van der Waals surface area contributed by atoms with Crippen LogP contribution in [-0.4, -0.2) is 89.8 Å². The molecule has 1 saturated heterocycles. The molecule has 288 valence electrons. The summed E-state index contributed by atoms with van der Waals surface area (Å²) in [5.41, 5.74) is 6.75. The van der Waals surface area contributed by atoms with Gasteiger partial charge in [0.1, 0.15) is 12.4 Å². The Morgan fingerprint density at radius 3 is 2.24 bits per heavy atom. The number of nitrogens with zero attached hydrogens (tertiary/aromatic N) is 3. The van der Waals surface area contributed by atoms with Gasteiger partial charge in [-0.3, -0.25) is 9.69 Å². The van der Waals surface area contributed by atoms with Crippen molar-refractivity contribution in [3.8, 4) is 16.9 Å². The van der Waals surface area contributed by atoms with Crippen molar-refractivity contribution in [3.05, 3.63) is 138 Å². The van der Waals surface area contributed by atoms with Gasteiger partial charge in [-0.05, 0) is 110 Å². The maximum Gasteiger partial charge on any atom is 0.264 e. The number of hydrogen-bond acceptors (Lipinski definition) is 9. The number of ether oxygens (including phenoxy) is 1. The van der Waals surface area contributed by atoms with Crippen LogP contribution < -0.4 is 19.7 Å². The summed E-state index contributed by atoms with van der Waals surface area (Å²) in [6.45, 7) is 8.59. The van der Waals surface area contributed by atoms with Gasteiger partial charge in [-0.15, -0.1) is 11.8 Å². The standard InChI is InChI=1S/C44H51N5O4S2/c1-4-34-32-41(22-23-43(34)45-24-31-54-40-11-6-5-7-12-40)55(51,52)46-44(50)36-14-18-38(19-15-36)49-27-25-48(26-28-49)33-37-10-8-9-13-42(37)35-16-20-39(21-17-35)53-30-29-47(2)3/h5-23,32,45H,4,24-31,33H2,1-3H3,(H,46,50). The third-order valence-electron chi connectivity index (χ3n) is 9.68. The number of carbonyl (C=O) groups is 1. The Balaban J connectivity index is 0.990. The van der Waals surface area contributed by atoms with Gasteiger partial charge in [0.25, 0.3) is 15.9 Å². The van der Waals surface area contributed by atoms with Gasteiger partial charge < -0.3 is 19.9 Å². The molecule has 0 saturated carbocycles. The third kappa shape index (κ3) is 11.1. The van der Waals surface area contributed by atoms with Gasteiger partial charge in [-0.1, -0.05) is 61.5 Å². The van der Waals surface area contributed by atoms with Crippen LogP contribution in [0, 0.1) is 0 Å². The molecule has 0 aromatic heterocycles. The fourth-order valence-corrected chi connectivity index (χ4v) is 8.37. The number of rotatable bonds is 17. The van der Waals surface area contributed by atoms with Crippen LogP contribution in [0.25, 0.3) is 11.1 Å². The van der Waals surface area contributed by atoms with E-state index in [2.05, 4.69) is 73.3 Å². The van der Waals surface area contributed by atoms with E-state index < -0.39 is 15.9 Å². The molecule has 0 spiro atoms. The van der Waals surface area contributed by atoms with E-state index in [4.69, 9.17) is 4.74 Å². The quantitative estimate of drug-likeness (QED) is 0.0736. The fraction of sp³-hybridized carbons (Fsp3) is 0.295. The maximum absolute atomic E-state index is 13.3. The number of nitrogens with one attached hydrogen (secondary N) is 2. The average Bonchev–Trinajstić information content (AvgIpc) is 3.20. The second-order valence-electron chi connectivity index (χ2n) is 13.8. The number of benzene rings is 5. The lowest BCUT2D eigenvalue weighted by Crippen LogP contribution is -2.46. The first-order chi connectivity index (χ1) is 26.7. The number of likely N-dealkylation sites (N-methyl/N-ethyl adjacent to an activating group) is 1. The molecule has 1 amide bonds. The fourth-order valence-electron chi connectivity index (χ4n) is 6.56. The van der Waals surface area contributed by atoms with E-state index in [0.29, 0.717) is 18.6 Å². The molecule has 0 bridgehead atoms. The largest absolute Gasteiger partial charge is 0.492 e. The molecular formula is C44H51N5O4S2. The normalized spacial score (nSPS) is 13.5. The number of aryl methyl sites for hydroxylation is 1. The summed E-state index contributed by atoms with van der Waals surface area (Å²) < 4.78 is 34.7. The minimum absolute atomic E-state index is 0.0673. The summed E-state index contributed by atoms with van der Waals surface area (Å²) in [4.78, 5) is 21.3. The predicted octanol–water partition coefficient (Wildman–Crippen LogP) is 7.50. The molecular weight excluding hydrogens is 727 g/mol. The molecule has 0 radical (unpaired) electrons. The molecule has 6 rings (SSSR count). The van der Waals surface area contributed by atoms with Crippen LogP contribution in [0.4, 0.5) is 11.4 Å². The van der Waals surface area contributed by atoms with Crippen LogP contribution in [0.2, 0.25) is 0 Å². The first-order valence-electron chi connectivity index (χ1n) is 18.8. The molecule has 0 atom stereocenters. The molecule has 5 aromatic rings. The van der Waals surface area contributed by atoms with E-state index in [1.807, 2.05) is 63.5 Å². The van der Waals surface area contributed by atoms with Gasteiger partial charge in [0.05, 0.1) is 4.90 Å². The molecule has 55 heavy (non-hydrogen) atoms. The SMILES string of the molecule is CCc1cc(S(=O)(=O)NC(=O)c2ccc(N3CCN(Cc4ccccc4-c4ccc(OCCN(C)C)cc4)CC3)cc2)ccc1NCCSc1ccccc1. The number of amides is 1. The number of thioether (sulfide) groups is 1. The van der Waals surface area contributed by atoms with Crippen LogP contribution in [0.3, 0.4) is 0 Å². The Kier molecular flexibility index (Phi) is 13.9. The van der Waals surface area contributed by atoms with Gasteiger partial charge in [-0.25, -0.2) is 13.1 Å². The van der Waals surface area contributed by atoms with E-state index in [1.165, 1.54) is 21.6 Å². The molecule has 1 heterocycles. The van der Waals surface area contributed by atoms with Crippen molar-refractivity contribution in [2.45, 2.75) is 29.7 Å². The smallest absolute Gasteiger partial charge is 0.264 e. The van der Waals surface area contributed by atoms with Crippen LogP contribution in [0.1, 0.15) is 28.4 Å². The minimum atomic E-state index is -4.06. The number of piperazine rings is 1. The topological polar surface area (TPSA) is 94.2 Å². The molecule has 5 aromatic carbocycles. The summed E-state index contributed by atoms with van der Waals surface area (Å²) >= 11 is 1.76. The third-order valence-corrected chi connectivity index (χ3v) is 12.0. The highest BCUT2D eigenvalue weighted by Gasteiger charge is 2.22. The second kappa shape index (κ2) is 19.2. The van der Waals surface area contributed by atoms with Gasteiger partial charge in [-0.2, -0.15) is 0 Å². The van der Waals surface area contributed by atoms with Crippen LogP contribution in [0.5, 0.6) is 5.75 Å². The molecule has 1 aliphatic rings. The zero-order valence-corrected chi connectivity index (χ0v) is 33.5. The maximum atomic E-state index is 13.3. The summed E-state index contributed by atoms with van der Waals surface area (Å²) in [7, 11) is 0.0128.